The van der Waals surface area contributed by atoms with E-state index in [9.17, 15) is 4.79 Å². The van der Waals surface area contributed by atoms with E-state index in [-0.39, 0.29) is 18.6 Å². The number of amides is 1. The molecule has 0 aromatic heterocycles. The molecule has 1 aliphatic heterocycles. The molecule has 2 N–H and O–H groups in total. The Morgan fingerprint density at radius 3 is 2.81 bits per heavy atom. The van der Waals surface area contributed by atoms with Crippen LogP contribution in [0.25, 0.3) is 0 Å². The summed E-state index contributed by atoms with van der Waals surface area (Å²) in [5, 5.41) is 0. The average Bonchev–Trinajstić information content (AvgIpc) is 2.33. The first kappa shape index (κ1) is 11.1. The van der Waals surface area contributed by atoms with Gasteiger partial charge in [-0.05, 0) is 5.56 Å². The predicted molar refractivity (Wildman–Crippen MR) is 60.7 cm³/mol. The Kier molecular flexibility index (Phi) is 3.54. The lowest BCUT2D eigenvalue weighted by molar-refractivity contribution is -0.148. The number of hydrogen-bond donors (Lipinski definition) is 1. The van der Waals surface area contributed by atoms with Crippen LogP contribution in [0.5, 0.6) is 0 Å². The van der Waals surface area contributed by atoms with Crippen LogP contribution in [0, 0.1) is 0 Å². The molecule has 1 fully saturated rings. The SMILES string of the molecule is NCC1COCC(=O)N1Cc1ccccc1. The fraction of sp³-hybridized carbons (Fsp3) is 0.417. The molecule has 1 aliphatic rings. The van der Waals surface area contributed by atoms with Crippen molar-refractivity contribution in [3.63, 3.8) is 0 Å². The standard InChI is InChI=1S/C12H16N2O2/c13-6-11-8-16-9-12(15)14(11)7-10-4-2-1-3-5-10/h1-5,11H,6-9,13H2. The zero-order valence-electron chi connectivity index (χ0n) is 9.13. The number of hydrogen-bond acceptors (Lipinski definition) is 3. The lowest BCUT2D eigenvalue weighted by atomic mass is 10.1. The highest BCUT2D eigenvalue weighted by Crippen LogP contribution is 2.12. The summed E-state index contributed by atoms with van der Waals surface area (Å²) in [5.74, 6) is 0.0190. The van der Waals surface area contributed by atoms with E-state index in [1.54, 1.807) is 4.90 Å². The van der Waals surface area contributed by atoms with Gasteiger partial charge < -0.3 is 15.4 Å². The van der Waals surface area contributed by atoms with E-state index in [4.69, 9.17) is 10.5 Å². The maximum atomic E-state index is 11.7. The number of morpholine rings is 1. The van der Waals surface area contributed by atoms with Gasteiger partial charge in [-0.2, -0.15) is 0 Å². The van der Waals surface area contributed by atoms with Crippen LogP contribution in [0.3, 0.4) is 0 Å². The van der Waals surface area contributed by atoms with Gasteiger partial charge in [-0.3, -0.25) is 4.79 Å². The number of rotatable bonds is 3. The molecule has 1 aromatic rings. The molecule has 4 nitrogen and oxygen atoms in total. The van der Waals surface area contributed by atoms with Crippen molar-refractivity contribution in [2.24, 2.45) is 5.73 Å². The molecule has 4 heteroatoms. The Balaban J connectivity index is 2.08. The van der Waals surface area contributed by atoms with Crippen LogP contribution < -0.4 is 5.73 Å². The van der Waals surface area contributed by atoms with Crippen molar-refractivity contribution in [1.29, 1.82) is 0 Å². The number of nitrogens with two attached hydrogens (primary N) is 1. The summed E-state index contributed by atoms with van der Waals surface area (Å²) in [6.45, 7) is 1.77. The third kappa shape index (κ3) is 2.40. The lowest BCUT2D eigenvalue weighted by Gasteiger charge is -2.34. The summed E-state index contributed by atoms with van der Waals surface area (Å²) in [6.07, 6.45) is 0. The summed E-state index contributed by atoms with van der Waals surface area (Å²) >= 11 is 0. The second-order valence-electron chi connectivity index (χ2n) is 3.91. The summed E-state index contributed by atoms with van der Waals surface area (Å²) in [5.41, 5.74) is 6.76. The third-order valence-corrected chi connectivity index (χ3v) is 2.76. The van der Waals surface area contributed by atoms with E-state index in [0.717, 1.165) is 5.56 Å². The highest BCUT2D eigenvalue weighted by atomic mass is 16.5. The molecule has 0 radical (unpaired) electrons. The normalized spacial score (nSPS) is 21.2. The van der Waals surface area contributed by atoms with E-state index < -0.39 is 0 Å². The smallest absolute Gasteiger partial charge is 0.249 e. The van der Waals surface area contributed by atoms with E-state index in [2.05, 4.69) is 0 Å². The van der Waals surface area contributed by atoms with Crippen LogP contribution >= 0.6 is 0 Å². The van der Waals surface area contributed by atoms with Crippen molar-refractivity contribution < 1.29 is 9.53 Å². The van der Waals surface area contributed by atoms with E-state index >= 15 is 0 Å². The van der Waals surface area contributed by atoms with Gasteiger partial charge in [0.2, 0.25) is 5.91 Å². The monoisotopic (exact) mass is 220 g/mol. The van der Waals surface area contributed by atoms with Crippen molar-refractivity contribution in [3.05, 3.63) is 35.9 Å². The van der Waals surface area contributed by atoms with E-state index in [1.165, 1.54) is 0 Å². The molecular weight excluding hydrogens is 204 g/mol. The maximum Gasteiger partial charge on any atom is 0.249 e. The fourth-order valence-electron chi connectivity index (χ4n) is 1.85. The molecule has 0 bridgehead atoms. The van der Waals surface area contributed by atoms with Gasteiger partial charge in [0, 0.05) is 13.1 Å². The van der Waals surface area contributed by atoms with Gasteiger partial charge in [-0.1, -0.05) is 30.3 Å². The van der Waals surface area contributed by atoms with Crippen LogP contribution in [0.1, 0.15) is 5.56 Å². The molecule has 1 aromatic carbocycles. The molecule has 0 aliphatic carbocycles. The van der Waals surface area contributed by atoms with E-state index in [0.29, 0.717) is 19.7 Å². The highest BCUT2D eigenvalue weighted by molar-refractivity contribution is 5.78. The summed E-state index contributed by atoms with van der Waals surface area (Å²) in [4.78, 5) is 13.5. The molecule has 86 valence electrons. The minimum atomic E-state index is 0.00135. The van der Waals surface area contributed by atoms with Gasteiger partial charge in [0.25, 0.3) is 0 Å². The Bertz CT molecular complexity index is 353. The Hall–Kier alpha value is -1.39. The number of ether oxygens (including phenoxy) is 1. The van der Waals surface area contributed by atoms with Crippen molar-refractivity contribution in [1.82, 2.24) is 4.90 Å². The number of carbonyl (C=O) groups is 1. The molecule has 2 rings (SSSR count). The molecule has 1 atom stereocenters. The molecule has 1 amide bonds. The first-order chi connectivity index (χ1) is 7.81. The lowest BCUT2D eigenvalue weighted by Crippen LogP contribution is -2.52. The second kappa shape index (κ2) is 5.09. The van der Waals surface area contributed by atoms with Crippen molar-refractivity contribution in [2.75, 3.05) is 19.8 Å². The minimum Gasteiger partial charge on any atom is -0.369 e. The predicted octanol–water partition coefficient (Wildman–Crippen LogP) is 0.373. The molecule has 0 spiro atoms. The molecule has 1 unspecified atom stereocenters. The van der Waals surface area contributed by atoms with Crippen LogP contribution in [0.4, 0.5) is 0 Å². The van der Waals surface area contributed by atoms with E-state index in [1.807, 2.05) is 30.3 Å². The topological polar surface area (TPSA) is 55.6 Å². The molecule has 1 heterocycles. The third-order valence-electron chi connectivity index (χ3n) is 2.76. The van der Waals surface area contributed by atoms with Gasteiger partial charge in [-0.15, -0.1) is 0 Å². The quantitative estimate of drug-likeness (QED) is 0.801. The fourth-order valence-corrected chi connectivity index (χ4v) is 1.85. The van der Waals surface area contributed by atoms with Gasteiger partial charge in [-0.25, -0.2) is 0 Å². The maximum absolute atomic E-state index is 11.7. The zero-order valence-corrected chi connectivity index (χ0v) is 9.13. The minimum absolute atomic E-state index is 0.00135. The largest absolute Gasteiger partial charge is 0.369 e. The first-order valence-corrected chi connectivity index (χ1v) is 5.42. The van der Waals surface area contributed by atoms with Crippen molar-refractivity contribution >= 4 is 5.91 Å². The molecular formula is C12H16N2O2. The Morgan fingerprint density at radius 2 is 2.12 bits per heavy atom. The van der Waals surface area contributed by atoms with Gasteiger partial charge in [0.05, 0.1) is 12.6 Å². The van der Waals surface area contributed by atoms with Crippen molar-refractivity contribution in [2.45, 2.75) is 12.6 Å². The molecule has 1 saturated heterocycles. The van der Waals surface area contributed by atoms with Gasteiger partial charge in [0.1, 0.15) is 6.61 Å². The Labute approximate surface area is 95.0 Å². The molecule has 16 heavy (non-hydrogen) atoms. The van der Waals surface area contributed by atoms with Crippen LogP contribution in [-0.2, 0) is 16.1 Å². The Morgan fingerprint density at radius 1 is 1.38 bits per heavy atom. The second-order valence-corrected chi connectivity index (χ2v) is 3.91. The zero-order chi connectivity index (χ0) is 11.4. The number of carbonyl (C=O) groups excluding carboxylic acids is 1. The van der Waals surface area contributed by atoms with Crippen LogP contribution in [0.15, 0.2) is 30.3 Å². The summed E-state index contributed by atoms with van der Waals surface area (Å²) < 4.78 is 5.18. The first-order valence-electron chi connectivity index (χ1n) is 5.42. The average molecular weight is 220 g/mol. The summed E-state index contributed by atoms with van der Waals surface area (Å²) in [6, 6.07) is 9.93. The van der Waals surface area contributed by atoms with Gasteiger partial charge >= 0.3 is 0 Å². The van der Waals surface area contributed by atoms with Gasteiger partial charge in [0.15, 0.2) is 0 Å². The van der Waals surface area contributed by atoms with Crippen molar-refractivity contribution in [3.8, 4) is 0 Å². The number of benzene rings is 1. The van der Waals surface area contributed by atoms with Crippen LogP contribution in [0.2, 0.25) is 0 Å². The van der Waals surface area contributed by atoms with Crippen LogP contribution in [-0.4, -0.2) is 36.6 Å². The number of nitrogens with zero attached hydrogens (tertiary/aromatic N) is 1. The highest BCUT2D eigenvalue weighted by Gasteiger charge is 2.27. The molecule has 0 saturated carbocycles. The summed E-state index contributed by atoms with van der Waals surface area (Å²) in [7, 11) is 0.